The van der Waals surface area contributed by atoms with Crippen molar-refractivity contribution in [1.29, 1.82) is 0 Å². The minimum Gasteiger partial charge on any atom is -1.00 e. The van der Waals surface area contributed by atoms with E-state index in [0.29, 0.717) is 0 Å². The predicted octanol–water partition coefficient (Wildman–Crippen LogP) is -0.821. The molecule has 1 atom stereocenters. The van der Waals surface area contributed by atoms with Gasteiger partial charge in [-0.1, -0.05) is 4.85 Å². The lowest BCUT2D eigenvalue weighted by Gasteiger charge is -1.72. The van der Waals surface area contributed by atoms with Gasteiger partial charge in [0.25, 0.3) is 6.57 Å². The zero-order valence-electron chi connectivity index (χ0n) is 3.85. The Hall–Kier alpha value is 0.650. The van der Waals surface area contributed by atoms with E-state index >= 15 is 0 Å². The lowest BCUT2D eigenvalue weighted by Crippen LogP contribution is -3.00. The smallest absolute Gasteiger partial charge is 0.358 e. The summed E-state index contributed by atoms with van der Waals surface area (Å²) in [5, 5.41) is 0. The Labute approximate surface area is 71.0 Å². The molecule has 0 aromatic heterocycles. The zero-order valence-corrected chi connectivity index (χ0v) is 6.94. The quantitative estimate of drug-likeness (QED) is 0.382. The van der Waals surface area contributed by atoms with Gasteiger partial charge < -0.3 is 12.4 Å². The van der Waals surface area contributed by atoms with Crippen molar-refractivity contribution in [2.45, 2.75) is 5.50 Å². The number of hydrogen-bond donors (Lipinski definition) is 0. The van der Waals surface area contributed by atoms with Crippen molar-refractivity contribution in [2.75, 3.05) is 5.88 Å². The van der Waals surface area contributed by atoms with Crippen LogP contribution in [0.1, 0.15) is 0 Å². The van der Waals surface area contributed by atoms with E-state index in [1.807, 2.05) is 0 Å². The van der Waals surface area contributed by atoms with Crippen LogP contribution >= 0.6 is 35.6 Å². The maximum atomic E-state index is 5.23. The Morgan fingerprint density at radius 3 is 2.00 bits per heavy atom. The molecule has 0 aromatic carbocycles. The van der Waals surface area contributed by atoms with Crippen LogP contribution in [0.3, 0.4) is 0 Å². The van der Waals surface area contributed by atoms with E-state index in [1.54, 1.807) is 0 Å². The van der Waals surface area contributed by atoms with E-state index in [0.717, 1.165) is 0 Å². The molecule has 0 aliphatic carbocycles. The Morgan fingerprint density at radius 2 is 2.00 bits per heavy atom. The van der Waals surface area contributed by atoms with Gasteiger partial charge in [0.05, 0.1) is 0 Å². The third-order valence-corrected chi connectivity index (χ3v) is 1.01. The highest BCUT2D eigenvalue weighted by Crippen LogP contribution is 1.97. The van der Waals surface area contributed by atoms with Gasteiger partial charge in [-0.2, -0.15) is 0 Å². The lowest BCUT2D eigenvalue weighted by atomic mass is 10.8. The summed E-state index contributed by atoms with van der Waals surface area (Å²) in [7, 11) is 0. The molecule has 5 heteroatoms. The van der Waals surface area contributed by atoms with Gasteiger partial charge in [-0.05, 0) is 11.6 Å². The van der Waals surface area contributed by atoms with E-state index in [2.05, 4.69) is 4.85 Å². The monoisotopic (exact) mass is 195 g/mol. The molecule has 0 saturated carbocycles. The van der Waals surface area contributed by atoms with Crippen LogP contribution in [-0.4, -0.2) is 11.4 Å². The number of rotatable bonds is 1. The Kier molecular flexibility index (Phi) is 21.0. The molecule has 0 bridgehead atoms. The summed E-state index contributed by atoms with van der Waals surface area (Å²) in [6.45, 7) is 4.69. The average Bonchev–Trinajstić information content (AvgIpc) is 1.65. The largest absolute Gasteiger partial charge is 1.00 e. The summed E-state index contributed by atoms with van der Waals surface area (Å²) in [4.78, 5) is 3.14. The minimum absolute atomic E-state index is 0. The summed E-state index contributed by atoms with van der Waals surface area (Å²) in [5.41, 5.74) is -0.424. The molecule has 0 N–H and O–H groups in total. The van der Waals surface area contributed by atoms with Crippen LogP contribution < -0.4 is 12.4 Å². The number of halogens is 4. The van der Waals surface area contributed by atoms with Crippen molar-refractivity contribution in [3.05, 3.63) is 4.85 Å². The molecule has 8 heavy (non-hydrogen) atoms. The highest BCUT2D eigenvalue weighted by Gasteiger charge is 2.05. The fraction of sp³-hybridized carbons (Fsp3) is 0.667. The van der Waals surface area contributed by atoms with Gasteiger partial charge in [-0.3, -0.25) is 0 Å². The van der Waals surface area contributed by atoms with Gasteiger partial charge in [-0.15, -0.1) is 24.0 Å². The van der Waals surface area contributed by atoms with Crippen molar-refractivity contribution < 1.29 is 12.4 Å². The third-order valence-electron chi connectivity index (χ3n) is 0.289. The summed E-state index contributed by atoms with van der Waals surface area (Å²) in [6.07, 6.45) is 0. The average molecular weight is 197 g/mol. The Bertz CT molecular complexity index is 68.2. The van der Waals surface area contributed by atoms with Gasteiger partial charge in [0.2, 0.25) is 0 Å². The fourth-order valence-electron chi connectivity index (χ4n) is 0.0398. The highest BCUT2D eigenvalue weighted by atomic mass is 35.5. The fourth-order valence-corrected chi connectivity index (χ4v) is 0.120. The summed E-state index contributed by atoms with van der Waals surface area (Å²) < 4.78 is 0. The highest BCUT2D eigenvalue weighted by molar-refractivity contribution is 6.28. The molecule has 0 aromatic rings. The van der Waals surface area contributed by atoms with Crippen LogP contribution in [0.25, 0.3) is 4.85 Å². The maximum Gasteiger partial charge on any atom is 0.358 e. The van der Waals surface area contributed by atoms with Crippen molar-refractivity contribution >= 4 is 35.6 Å². The van der Waals surface area contributed by atoms with Gasteiger partial charge in [0.1, 0.15) is 5.88 Å². The molecular formula is C3H5Cl4N. The molecule has 50 valence electrons. The summed E-state index contributed by atoms with van der Waals surface area (Å²) in [5.74, 6) is 0.276. The second-order valence-electron chi connectivity index (χ2n) is 0.738. The summed E-state index contributed by atoms with van der Waals surface area (Å²) in [6, 6.07) is 0. The predicted molar refractivity (Wildman–Crippen MR) is 35.9 cm³/mol. The maximum absolute atomic E-state index is 5.23. The Morgan fingerprint density at radius 1 is 1.62 bits per heavy atom. The molecule has 0 spiro atoms. The first-order chi connectivity index (χ1) is 2.81. The molecule has 0 saturated heterocycles. The SMILES string of the molecule is C#[N+]C(Cl)CCl.Cl.[Cl-]. The normalized spacial score (nSPS) is 9.62. The van der Waals surface area contributed by atoms with Crippen LogP contribution in [0.5, 0.6) is 0 Å². The van der Waals surface area contributed by atoms with Gasteiger partial charge in [-0.25, -0.2) is 0 Å². The number of alkyl halides is 2. The van der Waals surface area contributed by atoms with E-state index in [1.165, 1.54) is 0 Å². The molecule has 0 rings (SSSR count). The molecule has 1 nitrogen and oxygen atoms in total. The van der Waals surface area contributed by atoms with Crippen LogP contribution in [0.4, 0.5) is 0 Å². The first-order valence-electron chi connectivity index (χ1n) is 1.41. The molecule has 0 radical (unpaired) electrons. The minimum atomic E-state index is -0.424. The van der Waals surface area contributed by atoms with Gasteiger partial charge in [0, 0.05) is 0 Å². The topological polar surface area (TPSA) is 4.36 Å². The van der Waals surface area contributed by atoms with E-state index < -0.39 is 5.50 Å². The second-order valence-corrected chi connectivity index (χ2v) is 1.55. The van der Waals surface area contributed by atoms with E-state index in [-0.39, 0.29) is 30.7 Å². The zero-order chi connectivity index (χ0) is 4.99. The van der Waals surface area contributed by atoms with Gasteiger partial charge >= 0.3 is 5.50 Å². The number of hydrogen-bond acceptors (Lipinski definition) is 0. The second kappa shape index (κ2) is 10.6. The van der Waals surface area contributed by atoms with Crippen molar-refractivity contribution in [2.24, 2.45) is 0 Å². The first-order valence-corrected chi connectivity index (χ1v) is 2.38. The molecule has 1 unspecified atom stereocenters. The van der Waals surface area contributed by atoms with Crippen LogP contribution in [0.2, 0.25) is 0 Å². The van der Waals surface area contributed by atoms with Crippen molar-refractivity contribution in [3.63, 3.8) is 0 Å². The summed E-state index contributed by atoms with van der Waals surface area (Å²) >= 11 is 10.4. The Balaban J connectivity index is -0.000000125. The first kappa shape index (κ1) is 15.9. The lowest BCUT2D eigenvalue weighted by molar-refractivity contribution is -0.00000129. The molecule has 0 amide bonds. The molecule has 0 fully saturated rings. The van der Waals surface area contributed by atoms with Crippen LogP contribution in [0.15, 0.2) is 0 Å². The molecule has 0 heterocycles. The van der Waals surface area contributed by atoms with E-state index in [4.69, 9.17) is 29.8 Å². The third kappa shape index (κ3) is 9.82. The molecular weight excluding hydrogens is 192 g/mol. The number of nitrogens with zero attached hydrogens (tertiary/aromatic N) is 1. The van der Waals surface area contributed by atoms with Gasteiger partial charge in [0.15, 0.2) is 0 Å². The standard InChI is InChI=1S/C3H4Cl2N.2ClH/c1-6-3(5)2-4;;/h1,3H,2H2;2*1H/q+1;;/p-1. The van der Waals surface area contributed by atoms with Crippen molar-refractivity contribution in [1.82, 2.24) is 0 Å². The van der Waals surface area contributed by atoms with Crippen LogP contribution in [0, 0.1) is 6.57 Å². The van der Waals surface area contributed by atoms with E-state index in [9.17, 15) is 0 Å². The molecule has 0 aliphatic rings. The van der Waals surface area contributed by atoms with Crippen molar-refractivity contribution in [3.8, 4) is 6.57 Å². The molecule has 0 aliphatic heterocycles. The van der Waals surface area contributed by atoms with Crippen LogP contribution in [-0.2, 0) is 0 Å².